The molecule has 2 fully saturated rings. The molecule has 2 rings (SSSR count). The molecule has 1 saturated heterocycles. The molecule has 19 heavy (non-hydrogen) atoms. The Morgan fingerprint density at radius 1 is 1.47 bits per heavy atom. The quantitative estimate of drug-likeness (QED) is 0.796. The number of carboxylic acids is 1. The maximum atomic E-state index is 12.1. The number of aliphatic carboxylic acids is 1. The van der Waals surface area contributed by atoms with E-state index >= 15 is 0 Å². The molecule has 0 spiro atoms. The summed E-state index contributed by atoms with van der Waals surface area (Å²) >= 11 is 0. The number of amides is 2. The van der Waals surface area contributed by atoms with Crippen LogP contribution in [0.3, 0.4) is 0 Å². The Hall–Kier alpha value is -1.30. The number of carbonyl (C=O) groups is 2. The van der Waals surface area contributed by atoms with Gasteiger partial charge in [-0.1, -0.05) is 13.8 Å². The molecule has 1 heterocycles. The van der Waals surface area contributed by atoms with E-state index in [9.17, 15) is 9.59 Å². The molecule has 2 amide bonds. The molecule has 0 radical (unpaired) electrons. The van der Waals surface area contributed by atoms with Crippen molar-refractivity contribution in [3.05, 3.63) is 0 Å². The van der Waals surface area contributed by atoms with Gasteiger partial charge in [0.15, 0.2) is 6.04 Å². The second-order valence-electron chi connectivity index (χ2n) is 5.80. The van der Waals surface area contributed by atoms with Gasteiger partial charge in [-0.05, 0) is 24.2 Å². The van der Waals surface area contributed by atoms with Crippen molar-refractivity contribution in [2.45, 2.75) is 32.7 Å². The van der Waals surface area contributed by atoms with Crippen LogP contribution in [0.15, 0.2) is 0 Å². The van der Waals surface area contributed by atoms with Crippen molar-refractivity contribution >= 4 is 12.0 Å². The lowest BCUT2D eigenvalue weighted by Crippen LogP contribution is -2.56. The van der Waals surface area contributed by atoms with Gasteiger partial charge in [0.05, 0.1) is 13.2 Å². The number of hydrogen-bond acceptors (Lipinski definition) is 3. The van der Waals surface area contributed by atoms with Crippen molar-refractivity contribution in [1.29, 1.82) is 0 Å². The van der Waals surface area contributed by atoms with E-state index in [0.29, 0.717) is 25.6 Å². The molecule has 6 nitrogen and oxygen atoms in total. The molecule has 0 aromatic carbocycles. The van der Waals surface area contributed by atoms with Gasteiger partial charge >= 0.3 is 12.0 Å². The zero-order valence-corrected chi connectivity index (χ0v) is 11.5. The van der Waals surface area contributed by atoms with Gasteiger partial charge in [-0.25, -0.2) is 9.59 Å². The van der Waals surface area contributed by atoms with Crippen LogP contribution in [0.1, 0.15) is 26.7 Å². The molecule has 1 unspecified atom stereocenters. The van der Waals surface area contributed by atoms with Crippen LogP contribution in [-0.4, -0.2) is 54.4 Å². The average molecular weight is 270 g/mol. The second kappa shape index (κ2) is 5.36. The van der Waals surface area contributed by atoms with E-state index in [4.69, 9.17) is 9.84 Å². The van der Waals surface area contributed by atoms with Crippen LogP contribution in [0.5, 0.6) is 0 Å². The van der Waals surface area contributed by atoms with Gasteiger partial charge in [-0.15, -0.1) is 0 Å². The Labute approximate surface area is 113 Å². The number of urea groups is 1. The normalized spacial score (nSPS) is 25.2. The third-order valence-corrected chi connectivity index (χ3v) is 4.38. The highest BCUT2D eigenvalue weighted by Gasteiger charge is 2.45. The summed E-state index contributed by atoms with van der Waals surface area (Å²) in [6, 6.07) is -1.16. The molecular formula is C13H22N2O4. The highest BCUT2D eigenvalue weighted by atomic mass is 16.5. The number of morpholine rings is 1. The van der Waals surface area contributed by atoms with Crippen LogP contribution in [0.25, 0.3) is 0 Å². The van der Waals surface area contributed by atoms with Gasteiger partial charge in [0, 0.05) is 13.1 Å². The van der Waals surface area contributed by atoms with E-state index in [1.54, 1.807) is 0 Å². The van der Waals surface area contributed by atoms with Crippen LogP contribution in [-0.2, 0) is 9.53 Å². The van der Waals surface area contributed by atoms with Crippen molar-refractivity contribution in [3.8, 4) is 0 Å². The van der Waals surface area contributed by atoms with E-state index in [2.05, 4.69) is 19.2 Å². The summed E-state index contributed by atoms with van der Waals surface area (Å²) in [4.78, 5) is 24.6. The zero-order chi connectivity index (χ0) is 14.0. The Morgan fingerprint density at radius 3 is 2.68 bits per heavy atom. The monoisotopic (exact) mass is 270 g/mol. The minimum atomic E-state index is -1.01. The summed E-state index contributed by atoms with van der Waals surface area (Å²) in [5.74, 6) is -0.479. The van der Waals surface area contributed by atoms with Crippen LogP contribution < -0.4 is 5.32 Å². The van der Waals surface area contributed by atoms with Crippen molar-refractivity contribution in [1.82, 2.24) is 10.2 Å². The molecular weight excluding hydrogens is 248 g/mol. The summed E-state index contributed by atoms with van der Waals surface area (Å²) in [6.07, 6.45) is 2.27. The summed E-state index contributed by atoms with van der Waals surface area (Å²) in [5, 5.41) is 12.0. The maximum Gasteiger partial charge on any atom is 0.328 e. The van der Waals surface area contributed by atoms with E-state index in [0.717, 1.165) is 12.8 Å². The zero-order valence-electron chi connectivity index (χ0n) is 11.5. The molecule has 2 aliphatic rings. The van der Waals surface area contributed by atoms with Crippen molar-refractivity contribution in [2.75, 3.05) is 26.3 Å². The molecule has 0 bridgehead atoms. The van der Waals surface area contributed by atoms with Gasteiger partial charge in [0.1, 0.15) is 0 Å². The fourth-order valence-corrected chi connectivity index (χ4v) is 2.52. The number of rotatable bonds is 4. The van der Waals surface area contributed by atoms with Gasteiger partial charge in [0.2, 0.25) is 0 Å². The maximum absolute atomic E-state index is 12.1. The first-order valence-corrected chi connectivity index (χ1v) is 6.81. The average Bonchev–Trinajstić information content (AvgIpc) is 3.17. The lowest BCUT2D eigenvalue weighted by atomic mass is 9.92. The summed E-state index contributed by atoms with van der Waals surface area (Å²) in [7, 11) is 0. The molecule has 6 heteroatoms. The number of ether oxygens (including phenoxy) is 1. The van der Waals surface area contributed by atoms with E-state index in [1.807, 2.05) is 0 Å². The summed E-state index contributed by atoms with van der Waals surface area (Å²) < 4.78 is 5.12. The second-order valence-corrected chi connectivity index (χ2v) is 5.80. The molecule has 0 aromatic rings. The minimum Gasteiger partial charge on any atom is -0.480 e. The Balaban J connectivity index is 1.89. The number of nitrogens with one attached hydrogen (secondary N) is 1. The van der Waals surface area contributed by atoms with E-state index in [-0.39, 0.29) is 18.1 Å². The molecule has 1 atom stereocenters. The number of nitrogens with zero attached hydrogens (tertiary/aromatic N) is 1. The Morgan fingerprint density at radius 2 is 2.16 bits per heavy atom. The van der Waals surface area contributed by atoms with Crippen molar-refractivity contribution in [2.24, 2.45) is 11.3 Å². The van der Waals surface area contributed by atoms with Crippen LogP contribution in [0, 0.1) is 11.3 Å². The van der Waals surface area contributed by atoms with Crippen LogP contribution >= 0.6 is 0 Å². The van der Waals surface area contributed by atoms with Crippen LogP contribution in [0.2, 0.25) is 0 Å². The first-order valence-electron chi connectivity index (χ1n) is 6.81. The molecule has 1 saturated carbocycles. The largest absolute Gasteiger partial charge is 0.480 e. The lowest BCUT2D eigenvalue weighted by Gasteiger charge is -2.33. The molecule has 1 aliphatic carbocycles. The van der Waals surface area contributed by atoms with E-state index in [1.165, 1.54) is 4.90 Å². The number of carbonyl (C=O) groups excluding carboxylic acids is 1. The van der Waals surface area contributed by atoms with Crippen LogP contribution in [0.4, 0.5) is 4.79 Å². The Bertz CT molecular complexity index is 366. The third kappa shape index (κ3) is 3.00. The van der Waals surface area contributed by atoms with E-state index < -0.39 is 12.0 Å². The lowest BCUT2D eigenvalue weighted by molar-refractivity contribution is -0.147. The highest BCUT2D eigenvalue weighted by Crippen LogP contribution is 2.51. The summed E-state index contributed by atoms with van der Waals surface area (Å²) in [6.45, 7) is 5.75. The fourth-order valence-electron chi connectivity index (χ4n) is 2.52. The number of carboxylic acid groups (broad SMARTS) is 1. The third-order valence-electron chi connectivity index (χ3n) is 4.38. The smallest absolute Gasteiger partial charge is 0.328 e. The Kier molecular flexibility index (Phi) is 3.99. The highest BCUT2D eigenvalue weighted by molar-refractivity contribution is 5.83. The molecule has 108 valence electrons. The first kappa shape index (κ1) is 14.1. The van der Waals surface area contributed by atoms with Gasteiger partial charge in [0.25, 0.3) is 0 Å². The molecule has 0 aromatic heterocycles. The topological polar surface area (TPSA) is 78.9 Å². The summed E-state index contributed by atoms with van der Waals surface area (Å²) in [5.41, 5.74) is 0.223. The predicted molar refractivity (Wildman–Crippen MR) is 68.9 cm³/mol. The number of hydrogen-bond donors (Lipinski definition) is 2. The SMILES string of the molecule is CC(C)C1(CNC(=O)N2CCOCC2C(=O)O)CC1. The molecule has 2 N–H and O–H groups in total. The van der Waals surface area contributed by atoms with Gasteiger partial charge < -0.3 is 20.1 Å². The first-order chi connectivity index (χ1) is 8.96. The molecule has 1 aliphatic heterocycles. The fraction of sp³-hybridized carbons (Fsp3) is 0.846. The van der Waals surface area contributed by atoms with Gasteiger partial charge in [-0.2, -0.15) is 0 Å². The minimum absolute atomic E-state index is 0.0675. The predicted octanol–water partition coefficient (Wildman–Crippen LogP) is 0.918. The van der Waals surface area contributed by atoms with Gasteiger partial charge in [-0.3, -0.25) is 0 Å². The van der Waals surface area contributed by atoms with Crippen molar-refractivity contribution < 1.29 is 19.4 Å². The standard InChI is InChI=1S/C13H22N2O4/c1-9(2)13(3-4-13)8-14-12(18)15-5-6-19-7-10(15)11(16)17/h9-10H,3-8H2,1-2H3,(H,14,18)(H,16,17). The van der Waals surface area contributed by atoms with Crippen molar-refractivity contribution in [3.63, 3.8) is 0 Å².